The van der Waals surface area contributed by atoms with Crippen LogP contribution in [-0.2, 0) is 4.57 Å². The first kappa shape index (κ1) is 14.6. The molecular formula is C16H15O3P. The van der Waals surface area contributed by atoms with Gasteiger partial charge in [-0.25, -0.2) is 4.57 Å². The highest BCUT2D eigenvalue weighted by Gasteiger charge is 2.24. The van der Waals surface area contributed by atoms with Crippen LogP contribution in [0.4, 0.5) is 0 Å². The fourth-order valence-corrected chi connectivity index (χ4v) is 2.32. The smallest absolute Gasteiger partial charge is 0.310 e. The number of ketones is 1. The first-order valence-electron chi connectivity index (χ1n) is 6.24. The lowest BCUT2D eigenvalue weighted by atomic mass is 9.81. The van der Waals surface area contributed by atoms with E-state index in [-0.39, 0.29) is 5.78 Å². The number of aryl methyl sites for hydroxylation is 1. The summed E-state index contributed by atoms with van der Waals surface area (Å²) in [5.74, 6) is 0.161. The summed E-state index contributed by atoms with van der Waals surface area (Å²) in [5, 5.41) is 0. The van der Waals surface area contributed by atoms with Crippen LogP contribution in [0.15, 0.2) is 30.3 Å². The molecule has 1 N–H and O–H groups in total. The Morgan fingerprint density at radius 1 is 1.00 bits per heavy atom. The Bertz CT molecular complexity index is 705. The van der Waals surface area contributed by atoms with Crippen molar-refractivity contribution in [1.29, 1.82) is 0 Å². The van der Waals surface area contributed by atoms with Crippen molar-refractivity contribution < 1.29 is 14.3 Å². The summed E-state index contributed by atoms with van der Waals surface area (Å²) >= 11 is 0. The van der Waals surface area contributed by atoms with Crippen LogP contribution >= 0.6 is 8.69 Å². The maximum atomic E-state index is 12.4. The van der Waals surface area contributed by atoms with E-state index in [1.807, 2.05) is 37.3 Å². The molecule has 1 aromatic rings. The molecule has 0 atom stereocenters. The van der Waals surface area contributed by atoms with Gasteiger partial charge in [0.05, 0.1) is 0 Å². The van der Waals surface area contributed by atoms with Gasteiger partial charge in [-0.15, -0.1) is 0 Å². The Balaban J connectivity index is 0.000000452. The van der Waals surface area contributed by atoms with E-state index in [4.69, 9.17) is 9.46 Å². The van der Waals surface area contributed by atoms with Gasteiger partial charge < -0.3 is 4.89 Å². The minimum Gasteiger partial charge on any atom is -0.310 e. The molecule has 0 heterocycles. The second-order valence-electron chi connectivity index (χ2n) is 4.85. The lowest BCUT2D eigenvalue weighted by Crippen LogP contribution is -2.11. The Hall–Kier alpha value is -1.83. The number of hydrogen-bond acceptors (Lipinski definition) is 2. The van der Waals surface area contributed by atoms with E-state index >= 15 is 0 Å². The third-order valence-corrected chi connectivity index (χ3v) is 3.88. The van der Waals surface area contributed by atoms with Gasteiger partial charge in [0, 0.05) is 11.1 Å². The van der Waals surface area contributed by atoms with Crippen LogP contribution in [0.1, 0.15) is 32.6 Å². The number of fused-ring (bicyclic) bond motifs is 1. The number of rotatable bonds is 2. The van der Waals surface area contributed by atoms with Gasteiger partial charge in [-0.3, -0.25) is 4.79 Å². The van der Waals surface area contributed by atoms with Gasteiger partial charge in [-0.1, -0.05) is 24.3 Å². The molecule has 3 nitrogen and oxygen atoms in total. The van der Waals surface area contributed by atoms with Crippen molar-refractivity contribution >= 4 is 14.5 Å². The van der Waals surface area contributed by atoms with E-state index in [0.717, 1.165) is 22.3 Å². The lowest BCUT2D eigenvalue weighted by molar-refractivity contribution is 0.103. The highest BCUT2D eigenvalue weighted by molar-refractivity contribution is 7.16. The molecule has 0 aromatic heterocycles. The Morgan fingerprint density at radius 3 is 2.10 bits per heavy atom. The van der Waals surface area contributed by atoms with Crippen molar-refractivity contribution in [2.75, 3.05) is 0 Å². The Morgan fingerprint density at radius 2 is 1.65 bits per heavy atom. The predicted molar refractivity (Wildman–Crippen MR) is 79.3 cm³/mol. The third-order valence-electron chi connectivity index (χ3n) is 3.88. The van der Waals surface area contributed by atoms with Crippen molar-refractivity contribution in [3.8, 4) is 11.1 Å². The number of carbonyl (C=O) groups is 1. The number of carbonyl (C=O) groups excluding carboxylic acids is 1. The standard InChI is InChI=1S/C16H14O.HO2P/c1-9-4-6-13(11(3)10(9)2)16(17)15-8-12-5-7-14(12)15;1-3-2/h4-8H,1-3H3;(H,1,2). The normalized spacial score (nSPS) is 10.8. The molecule has 0 saturated heterocycles. The summed E-state index contributed by atoms with van der Waals surface area (Å²) in [7, 11) is -0.833. The summed E-state index contributed by atoms with van der Waals surface area (Å²) < 4.78 is 8.46. The Labute approximate surface area is 119 Å². The summed E-state index contributed by atoms with van der Waals surface area (Å²) in [5.41, 5.74) is 7.62. The molecule has 0 amide bonds. The fraction of sp³-hybridized carbons (Fsp3) is 0.188. The molecule has 0 radical (unpaired) electrons. The maximum Gasteiger partial charge on any atom is 0.324 e. The Kier molecular flexibility index (Phi) is 4.12. The first-order chi connectivity index (χ1) is 9.51. The molecule has 2 aliphatic carbocycles. The molecule has 0 spiro atoms. The molecule has 3 rings (SSSR count). The summed E-state index contributed by atoms with van der Waals surface area (Å²) in [4.78, 5) is 19.4. The van der Waals surface area contributed by atoms with E-state index in [2.05, 4.69) is 13.8 Å². The minimum absolute atomic E-state index is 0.161. The van der Waals surface area contributed by atoms with Gasteiger partial charge in [0.2, 0.25) is 0 Å². The summed E-state index contributed by atoms with van der Waals surface area (Å²) in [6, 6.07) is 10.0. The van der Waals surface area contributed by atoms with E-state index < -0.39 is 8.69 Å². The van der Waals surface area contributed by atoms with Crippen LogP contribution in [-0.4, -0.2) is 10.7 Å². The van der Waals surface area contributed by atoms with Crippen LogP contribution in [0.3, 0.4) is 0 Å². The molecular weight excluding hydrogens is 271 g/mol. The van der Waals surface area contributed by atoms with Crippen LogP contribution in [0.5, 0.6) is 0 Å². The molecule has 0 bridgehead atoms. The molecule has 4 heteroatoms. The average molecular weight is 286 g/mol. The van der Waals surface area contributed by atoms with Gasteiger partial charge in [-0.2, -0.15) is 0 Å². The minimum atomic E-state index is -0.833. The van der Waals surface area contributed by atoms with Crippen molar-refractivity contribution in [3.05, 3.63) is 58.1 Å². The molecule has 1 aromatic carbocycles. The SMILES string of the molecule is Cc1ccc(C(=O)c2cc3ccc2-3)c(C)c1C.O=PO. The molecule has 2 aliphatic rings. The zero-order chi connectivity index (χ0) is 14.9. The monoisotopic (exact) mass is 286 g/mol. The second-order valence-corrected chi connectivity index (χ2v) is 5.01. The van der Waals surface area contributed by atoms with Gasteiger partial charge in [0.15, 0.2) is 5.78 Å². The largest absolute Gasteiger partial charge is 0.324 e. The molecule has 102 valence electrons. The van der Waals surface area contributed by atoms with E-state index in [9.17, 15) is 4.79 Å². The van der Waals surface area contributed by atoms with Crippen LogP contribution in [0, 0.1) is 20.8 Å². The van der Waals surface area contributed by atoms with Crippen molar-refractivity contribution in [2.24, 2.45) is 0 Å². The molecule has 0 fully saturated rings. The highest BCUT2D eigenvalue weighted by atomic mass is 31.1. The molecule has 0 aliphatic heterocycles. The third kappa shape index (κ3) is 2.31. The quantitative estimate of drug-likeness (QED) is 0.572. The zero-order valence-electron chi connectivity index (χ0n) is 11.6. The second kappa shape index (κ2) is 5.66. The average Bonchev–Trinajstić information content (AvgIpc) is 2.39. The fourth-order valence-electron chi connectivity index (χ4n) is 2.32. The summed E-state index contributed by atoms with van der Waals surface area (Å²) in [6.45, 7) is 6.18. The zero-order valence-corrected chi connectivity index (χ0v) is 12.5. The van der Waals surface area contributed by atoms with Crippen molar-refractivity contribution in [2.45, 2.75) is 20.8 Å². The molecule has 20 heavy (non-hydrogen) atoms. The number of benzene rings is 2. The van der Waals surface area contributed by atoms with E-state index in [0.29, 0.717) is 0 Å². The van der Waals surface area contributed by atoms with Gasteiger partial charge in [-0.05, 0) is 54.7 Å². The van der Waals surface area contributed by atoms with Crippen molar-refractivity contribution in [3.63, 3.8) is 0 Å². The van der Waals surface area contributed by atoms with Gasteiger partial charge in [0.25, 0.3) is 0 Å². The van der Waals surface area contributed by atoms with Crippen molar-refractivity contribution in [1.82, 2.24) is 0 Å². The van der Waals surface area contributed by atoms with E-state index in [1.165, 1.54) is 16.7 Å². The first-order valence-corrected chi connectivity index (χ1v) is 7.00. The maximum absolute atomic E-state index is 12.4. The predicted octanol–water partition coefficient (Wildman–Crippen LogP) is 4.01. The van der Waals surface area contributed by atoms with Crippen LogP contribution in [0.2, 0.25) is 0 Å². The molecule has 0 saturated carbocycles. The van der Waals surface area contributed by atoms with E-state index in [1.54, 1.807) is 0 Å². The van der Waals surface area contributed by atoms with Gasteiger partial charge in [0.1, 0.15) is 0 Å². The number of hydrogen-bond donors (Lipinski definition) is 1. The topological polar surface area (TPSA) is 54.4 Å². The highest BCUT2D eigenvalue weighted by Crippen LogP contribution is 2.38. The lowest BCUT2D eigenvalue weighted by Gasteiger charge is -2.21. The van der Waals surface area contributed by atoms with Crippen LogP contribution in [0.25, 0.3) is 11.1 Å². The van der Waals surface area contributed by atoms with Crippen LogP contribution < -0.4 is 0 Å². The van der Waals surface area contributed by atoms with Gasteiger partial charge >= 0.3 is 8.69 Å². The molecule has 0 unspecified atom stereocenters. The summed E-state index contributed by atoms with van der Waals surface area (Å²) in [6.07, 6.45) is 0.